The lowest BCUT2D eigenvalue weighted by Crippen LogP contribution is -2.02. The first kappa shape index (κ1) is 18.5. The van der Waals surface area contributed by atoms with E-state index in [0.29, 0.717) is 0 Å². The van der Waals surface area contributed by atoms with Crippen LogP contribution in [0.1, 0.15) is 5.56 Å². The summed E-state index contributed by atoms with van der Waals surface area (Å²) in [6, 6.07) is 1.98. The fraction of sp³-hybridized carbons (Fsp3) is 0.143. The molecule has 0 amide bonds. The van der Waals surface area contributed by atoms with Gasteiger partial charge < -0.3 is 14.7 Å². The van der Waals surface area contributed by atoms with Crippen LogP contribution in [-0.4, -0.2) is 29.5 Å². The maximum Gasteiger partial charge on any atom is 0.466 e. The summed E-state index contributed by atoms with van der Waals surface area (Å²) < 4.78 is 8.88. The van der Waals surface area contributed by atoms with E-state index in [0.717, 1.165) is 12.1 Å². The minimum absolute atomic E-state index is 0.00213. The van der Waals surface area contributed by atoms with Crippen molar-refractivity contribution in [2.45, 2.75) is 6.92 Å². The van der Waals surface area contributed by atoms with Gasteiger partial charge in [-0.05, 0) is 13.0 Å². The van der Waals surface area contributed by atoms with Crippen LogP contribution >= 0.6 is 7.82 Å². The summed E-state index contributed by atoms with van der Waals surface area (Å²) >= 11 is 0. The smallest absolute Gasteiger partial charge is 0.303 e. The molecular formula is C7H8N3O10P. The van der Waals surface area contributed by atoms with Crippen molar-refractivity contribution in [3.63, 3.8) is 0 Å². The first-order valence-electron chi connectivity index (χ1n) is 4.71. The Bertz CT molecular complexity index is 630. The van der Waals surface area contributed by atoms with E-state index in [1.807, 2.05) is 0 Å². The van der Waals surface area contributed by atoms with E-state index in [1.165, 1.54) is 6.92 Å². The Balaban J connectivity index is 0.000000690. The maximum atomic E-state index is 10.6. The number of rotatable bonds is 3. The number of benzene rings is 1. The zero-order chi connectivity index (χ0) is 17.0. The van der Waals surface area contributed by atoms with E-state index in [1.54, 1.807) is 0 Å². The molecule has 0 aliphatic carbocycles. The van der Waals surface area contributed by atoms with Gasteiger partial charge in [-0.25, -0.2) is 4.57 Å². The van der Waals surface area contributed by atoms with Gasteiger partial charge in [0.1, 0.15) is 0 Å². The number of hydrogen-bond acceptors (Lipinski definition) is 7. The molecule has 0 atom stereocenters. The zero-order valence-corrected chi connectivity index (χ0v) is 11.0. The molecule has 1 aromatic carbocycles. The normalized spacial score (nSPS) is 10.3. The van der Waals surface area contributed by atoms with Gasteiger partial charge in [0, 0.05) is 11.6 Å². The van der Waals surface area contributed by atoms with Crippen LogP contribution in [0.4, 0.5) is 17.1 Å². The predicted molar refractivity (Wildman–Crippen MR) is 65.4 cm³/mol. The van der Waals surface area contributed by atoms with Gasteiger partial charge in [-0.3, -0.25) is 30.3 Å². The highest BCUT2D eigenvalue weighted by atomic mass is 31.2. The van der Waals surface area contributed by atoms with Crippen LogP contribution in [0.2, 0.25) is 0 Å². The van der Waals surface area contributed by atoms with E-state index < -0.39 is 39.7 Å². The van der Waals surface area contributed by atoms with Crippen molar-refractivity contribution in [3.05, 3.63) is 48.0 Å². The standard InChI is InChI=1S/C7H5N3O6.H3O4P/c1-4-2-3-5(8(11)12)7(10(15)16)6(4)9(13)14;1-5(2,3)4/h2-3H,1H3;(H3,1,2,3,4). The molecule has 0 saturated heterocycles. The quantitative estimate of drug-likeness (QED) is 0.404. The highest BCUT2D eigenvalue weighted by molar-refractivity contribution is 7.45. The third-order valence-electron chi connectivity index (χ3n) is 1.89. The van der Waals surface area contributed by atoms with Crippen molar-refractivity contribution < 1.29 is 34.0 Å². The van der Waals surface area contributed by atoms with Crippen LogP contribution in [-0.2, 0) is 4.57 Å². The van der Waals surface area contributed by atoms with Gasteiger partial charge in [0.25, 0.3) is 0 Å². The SMILES string of the molecule is Cc1ccc([N+](=O)[O-])c([N+](=O)[O-])c1[N+](=O)[O-].O=P(O)(O)O. The number of hydrogen-bond donors (Lipinski definition) is 3. The van der Waals surface area contributed by atoms with Gasteiger partial charge in [-0.1, -0.05) is 0 Å². The van der Waals surface area contributed by atoms with Crippen molar-refractivity contribution >= 4 is 24.9 Å². The fourth-order valence-corrected chi connectivity index (χ4v) is 1.23. The van der Waals surface area contributed by atoms with E-state index >= 15 is 0 Å². The van der Waals surface area contributed by atoms with Crippen LogP contribution in [0.5, 0.6) is 0 Å². The number of nitro groups is 3. The molecule has 1 aromatic rings. The molecule has 0 radical (unpaired) electrons. The van der Waals surface area contributed by atoms with Crippen LogP contribution < -0.4 is 0 Å². The average molecular weight is 325 g/mol. The van der Waals surface area contributed by atoms with Crippen molar-refractivity contribution in [2.75, 3.05) is 0 Å². The Morgan fingerprint density at radius 2 is 1.29 bits per heavy atom. The topological polar surface area (TPSA) is 207 Å². The summed E-state index contributed by atoms with van der Waals surface area (Å²) in [5.74, 6) is 0. The maximum absolute atomic E-state index is 10.6. The molecule has 3 N–H and O–H groups in total. The van der Waals surface area contributed by atoms with Crippen molar-refractivity contribution in [2.24, 2.45) is 0 Å². The second-order valence-electron chi connectivity index (χ2n) is 3.38. The van der Waals surface area contributed by atoms with Crippen LogP contribution in [0.25, 0.3) is 0 Å². The lowest BCUT2D eigenvalue weighted by molar-refractivity contribution is -0.441. The molecule has 0 fully saturated rings. The van der Waals surface area contributed by atoms with E-state index in [-0.39, 0.29) is 5.56 Å². The van der Waals surface area contributed by atoms with Crippen molar-refractivity contribution in [1.29, 1.82) is 0 Å². The second-order valence-corrected chi connectivity index (χ2v) is 4.41. The molecule has 13 nitrogen and oxygen atoms in total. The Morgan fingerprint density at radius 3 is 1.57 bits per heavy atom. The van der Waals surface area contributed by atoms with E-state index in [4.69, 9.17) is 19.2 Å². The number of nitro benzene ring substituents is 3. The van der Waals surface area contributed by atoms with Gasteiger partial charge in [0.15, 0.2) is 0 Å². The van der Waals surface area contributed by atoms with Crippen LogP contribution in [0.3, 0.4) is 0 Å². The summed E-state index contributed by atoms with van der Waals surface area (Å²) in [4.78, 5) is 50.1. The molecule has 0 unspecified atom stereocenters. The van der Waals surface area contributed by atoms with Gasteiger partial charge in [-0.2, -0.15) is 0 Å². The average Bonchev–Trinajstić information content (AvgIpc) is 2.24. The summed E-state index contributed by atoms with van der Waals surface area (Å²) in [5, 5.41) is 31.7. The molecule has 0 heterocycles. The Labute approximate surface area is 115 Å². The van der Waals surface area contributed by atoms with Gasteiger partial charge >= 0.3 is 24.9 Å². The third kappa shape index (κ3) is 6.01. The van der Waals surface area contributed by atoms with Crippen molar-refractivity contribution in [3.8, 4) is 0 Å². The molecule has 0 spiro atoms. The summed E-state index contributed by atoms with van der Waals surface area (Å²) in [7, 11) is -4.64. The first-order valence-corrected chi connectivity index (χ1v) is 6.27. The minimum atomic E-state index is -4.64. The number of phosphoric acid groups is 1. The molecule has 116 valence electrons. The highest BCUT2D eigenvalue weighted by Gasteiger charge is 2.37. The van der Waals surface area contributed by atoms with Crippen molar-refractivity contribution in [1.82, 2.24) is 0 Å². The largest absolute Gasteiger partial charge is 0.466 e. The number of nitrogens with zero attached hydrogens (tertiary/aromatic N) is 3. The van der Waals surface area contributed by atoms with Gasteiger partial charge in [0.2, 0.25) is 0 Å². The molecule has 14 heteroatoms. The van der Waals surface area contributed by atoms with Crippen LogP contribution in [0, 0.1) is 37.3 Å². The van der Waals surface area contributed by atoms with Gasteiger partial charge in [0.05, 0.1) is 14.8 Å². The monoisotopic (exact) mass is 325 g/mol. The summed E-state index contributed by atoms with van der Waals surface area (Å²) in [6.45, 7) is 1.27. The van der Waals surface area contributed by atoms with E-state index in [9.17, 15) is 30.3 Å². The molecule has 0 aliphatic rings. The molecule has 0 bridgehead atoms. The Kier molecular flexibility index (Phi) is 6.00. The molecule has 21 heavy (non-hydrogen) atoms. The first-order chi connectivity index (χ1) is 9.36. The van der Waals surface area contributed by atoms with Crippen LogP contribution in [0.15, 0.2) is 12.1 Å². The molecule has 1 rings (SSSR count). The fourth-order valence-electron chi connectivity index (χ4n) is 1.23. The second kappa shape index (κ2) is 6.81. The molecule has 0 aliphatic heterocycles. The predicted octanol–water partition coefficient (Wildman–Crippen LogP) is 0.791. The number of aryl methyl sites for hydroxylation is 1. The minimum Gasteiger partial charge on any atom is -0.303 e. The van der Waals surface area contributed by atoms with E-state index in [2.05, 4.69) is 0 Å². The summed E-state index contributed by atoms with van der Waals surface area (Å²) in [5.41, 5.74) is -2.82. The molecule has 0 aromatic heterocycles. The Hall–Kier alpha value is -2.47. The molecule has 0 saturated carbocycles. The van der Waals surface area contributed by atoms with Gasteiger partial charge in [-0.15, -0.1) is 0 Å². The lowest BCUT2D eigenvalue weighted by atomic mass is 10.1. The Morgan fingerprint density at radius 1 is 0.905 bits per heavy atom. The zero-order valence-electron chi connectivity index (χ0n) is 10.1. The summed E-state index contributed by atoms with van der Waals surface area (Å²) in [6.07, 6.45) is 0. The lowest BCUT2D eigenvalue weighted by Gasteiger charge is -1.98. The molecular weight excluding hydrogens is 317 g/mol. The third-order valence-corrected chi connectivity index (χ3v) is 1.89. The highest BCUT2D eigenvalue weighted by Crippen LogP contribution is 2.38.